The summed E-state index contributed by atoms with van der Waals surface area (Å²) in [5, 5.41) is 4.09. The fourth-order valence-corrected chi connectivity index (χ4v) is 1.01. The lowest BCUT2D eigenvalue weighted by Crippen LogP contribution is -2.16. The fourth-order valence-electron chi connectivity index (χ4n) is 1.01. The van der Waals surface area contributed by atoms with Gasteiger partial charge >= 0.3 is 0 Å². The van der Waals surface area contributed by atoms with E-state index < -0.39 is 0 Å². The first kappa shape index (κ1) is 4.99. The van der Waals surface area contributed by atoms with Crippen LogP contribution in [0.25, 0.3) is 0 Å². The molecular formula is C6H8N2O. The van der Waals surface area contributed by atoms with Crippen LogP contribution in [0.3, 0.4) is 0 Å². The van der Waals surface area contributed by atoms with E-state index in [9.17, 15) is 0 Å². The van der Waals surface area contributed by atoms with Gasteiger partial charge in [0.15, 0.2) is 0 Å². The average Bonchev–Trinajstić information content (AvgIpc) is 2.33. The van der Waals surface area contributed by atoms with Gasteiger partial charge in [0.1, 0.15) is 0 Å². The van der Waals surface area contributed by atoms with Crippen molar-refractivity contribution >= 4 is 0 Å². The Balaban J connectivity index is 2.39. The summed E-state index contributed by atoms with van der Waals surface area (Å²) >= 11 is 0. The molecule has 2 heterocycles. The molecule has 0 amide bonds. The molecule has 0 bridgehead atoms. The molecule has 0 atom stereocenters. The Morgan fingerprint density at radius 2 is 2.67 bits per heavy atom. The SMILES string of the molecule is c1cc2n(n1)CCOC2. The Bertz CT molecular complexity index is 186. The van der Waals surface area contributed by atoms with Crippen molar-refractivity contribution in [3.63, 3.8) is 0 Å². The van der Waals surface area contributed by atoms with Crippen molar-refractivity contribution in [2.45, 2.75) is 13.2 Å². The van der Waals surface area contributed by atoms with E-state index in [4.69, 9.17) is 4.74 Å². The largest absolute Gasteiger partial charge is 0.373 e. The molecule has 0 fully saturated rings. The molecule has 9 heavy (non-hydrogen) atoms. The number of fused-ring (bicyclic) bond motifs is 1. The lowest BCUT2D eigenvalue weighted by atomic mass is 10.4. The molecule has 3 heteroatoms. The van der Waals surface area contributed by atoms with Gasteiger partial charge in [-0.3, -0.25) is 4.68 Å². The van der Waals surface area contributed by atoms with Crippen molar-refractivity contribution in [3.8, 4) is 0 Å². The Morgan fingerprint density at radius 1 is 1.67 bits per heavy atom. The molecule has 0 spiro atoms. The summed E-state index contributed by atoms with van der Waals surface area (Å²) in [6.07, 6.45) is 1.81. The van der Waals surface area contributed by atoms with Crippen LogP contribution >= 0.6 is 0 Å². The van der Waals surface area contributed by atoms with Crippen molar-refractivity contribution in [2.75, 3.05) is 6.61 Å². The second-order valence-corrected chi connectivity index (χ2v) is 2.10. The molecule has 0 N–H and O–H groups in total. The predicted molar refractivity (Wildman–Crippen MR) is 31.9 cm³/mol. The van der Waals surface area contributed by atoms with Crippen LogP contribution in [-0.2, 0) is 17.9 Å². The molecule has 1 aromatic heterocycles. The highest BCUT2D eigenvalue weighted by Crippen LogP contribution is 2.05. The van der Waals surface area contributed by atoms with Gasteiger partial charge in [-0.05, 0) is 6.07 Å². The molecule has 0 saturated heterocycles. The van der Waals surface area contributed by atoms with E-state index in [0.29, 0.717) is 0 Å². The number of rotatable bonds is 0. The number of aromatic nitrogens is 2. The Morgan fingerprint density at radius 3 is 3.56 bits per heavy atom. The lowest BCUT2D eigenvalue weighted by Gasteiger charge is -2.12. The number of hydrogen-bond donors (Lipinski definition) is 0. The summed E-state index contributed by atoms with van der Waals surface area (Å²) in [6.45, 7) is 2.43. The number of ether oxygens (including phenoxy) is 1. The van der Waals surface area contributed by atoms with Gasteiger partial charge in [-0.2, -0.15) is 5.10 Å². The summed E-state index contributed by atoms with van der Waals surface area (Å²) in [4.78, 5) is 0. The van der Waals surface area contributed by atoms with Crippen molar-refractivity contribution in [1.82, 2.24) is 9.78 Å². The maximum atomic E-state index is 5.19. The maximum Gasteiger partial charge on any atom is 0.0885 e. The van der Waals surface area contributed by atoms with Gasteiger partial charge in [0.2, 0.25) is 0 Å². The molecule has 2 rings (SSSR count). The normalized spacial score (nSPS) is 17.3. The van der Waals surface area contributed by atoms with E-state index in [1.54, 1.807) is 0 Å². The molecule has 1 aromatic rings. The zero-order valence-electron chi connectivity index (χ0n) is 5.08. The summed E-state index contributed by atoms with van der Waals surface area (Å²) in [7, 11) is 0. The minimum Gasteiger partial charge on any atom is -0.373 e. The molecule has 3 nitrogen and oxygen atoms in total. The van der Waals surface area contributed by atoms with Gasteiger partial charge in [-0.25, -0.2) is 0 Å². The van der Waals surface area contributed by atoms with E-state index in [1.165, 1.54) is 5.69 Å². The first-order chi connectivity index (χ1) is 4.47. The van der Waals surface area contributed by atoms with Crippen molar-refractivity contribution in [2.24, 2.45) is 0 Å². The quantitative estimate of drug-likeness (QED) is 0.501. The van der Waals surface area contributed by atoms with Crippen molar-refractivity contribution < 1.29 is 4.74 Å². The zero-order chi connectivity index (χ0) is 6.10. The third-order valence-electron chi connectivity index (χ3n) is 1.50. The minimum atomic E-state index is 0.722. The highest BCUT2D eigenvalue weighted by molar-refractivity contribution is 4.99. The maximum absolute atomic E-state index is 5.19. The number of hydrogen-bond acceptors (Lipinski definition) is 2. The van der Waals surface area contributed by atoms with E-state index in [2.05, 4.69) is 5.10 Å². The van der Waals surface area contributed by atoms with Crippen LogP contribution < -0.4 is 0 Å². The molecule has 0 unspecified atom stereocenters. The van der Waals surface area contributed by atoms with Crippen LogP contribution in [0.1, 0.15) is 5.69 Å². The third-order valence-corrected chi connectivity index (χ3v) is 1.50. The Labute approximate surface area is 53.2 Å². The van der Waals surface area contributed by atoms with Gasteiger partial charge in [0.25, 0.3) is 0 Å². The van der Waals surface area contributed by atoms with Crippen LogP contribution in [0.5, 0.6) is 0 Å². The van der Waals surface area contributed by atoms with Crippen LogP contribution in [-0.4, -0.2) is 16.4 Å². The molecule has 1 aliphatic rings. The second-order valence-electron chi connectivity index (χ2n) is 2.10. The summed E-state index contributed by atoms with van der Waals surface area (Å²) in [5.41, 5.74) is 1.18. The second kappa shape index (κ2) is 1.84. The molecule has 0 aliphatic carbocycles. The first-order valence-corrected chi connectivity index (χ1v) is 3.05. The van der Waals surface area contributed by atoms with Gasteiger partial charge < -0.3 is 4.74 Å². The summed E-state index contributed by atoms with van der Waals surface area (Å²) in [5.74, 6) is 0. The highest BCUT2D eigenvalue weighted by Gasteiger charge is 2.06. The van der Waals surface area contributed by atoms with Gasteiger partial charge in [-0.15, -0.1) is 0 Å². The van der Waals surface area contributed by atoms with Crippen molar-refractivity contribution in [1.29, 1.82) is 0 Å². The summed E-state index contributed by atoms with van der Waals surface area (Å²) < 4.78 is 7.17. The van der Waals surface area contributed by atoms with Crippen molar-refractivity contribution in [3.05, 3.63) is 18.0 Å². The molecule has 48 valence electrons. The fraction of sp³-hybridized carbons (Fsp3) is 0.500. The van der Waals surface area contributed by atoms with Crippen LogP contribution in [0.2, 0.25) is 0 Å². The Hall–Kier alpha value is -0.830. The van der Waals surface area contributed by atoms with Gasteiger partial charge in [0.05, 0.1) is 25.5 Å². The molecule has 0 saturated carbocycles. The number of nitrogens with zero attached hydrogens (tertiary/aromatic N) is 2. The molecular weight excluding hydrogens is 116 g/mol. The molecule has 0 radical (unpaired) electrons. The van der Waals surface area contributed by atoms with E-state index in [-0.39, 0.29) is 0 Å². The topological polar surface area (TPSA) is 27.1 Å². The summed E-state index contributed by atoms with van der Waals surface area (Å²) in [6, 6.07) is 1.99. The highest BCUT2D eigenvalue weighted by atomic mass is 16.5. The third kappa shape index (κ3) is 0.733. The van der Waals surface area contributed by atoms with Crippen LogP contribution in [0.15, 0.2) is 12.3 Å². The smallest absolute Gasteiger partial charge is 0.0885 e. The Kier molecular flexibility index (Phi) is 1.02. The van der Waals surface area contributed by atoms with E-state index in [1.807, 2.05) is 16.9 Å². The zero-order valence-corrected chi connectivity index (χ0v) is 5.08. The van der Waals surface area contributed by atoms with Gasteiger partial charge in [-0.1, -0.05) is 0 Å². The van der Waals surface area contributed by atoms with Crippen LogP contribution in [0, 0.1) is 0 Å². The van der Waals surface area contributed by atoms with Gasteiger partial charge in [0, 0.05) is 6.20 Å². The monoisotopic (exact) mass is 124 g/mol. The van der Waals surface area contributed by atoms with Crippen LogP contribution in [0.4, 0.5) is 0 Å². The predicted octanol–water partition coefficient (Wildman–Crippen LogP) is 0.413. The average molecular weight is 124 g/mol. The molecule has 1 aliphatic heterocycles. The minimum absolute atomic E-state index is 0.722. The van der Waals surface area contributed by atoms with E-state index >= 15 is 0 Å². The molecule has 0 aromatic carbocycles. The standard InChI is InChI=1S/C6H8N2O/c1-2-7-8-3-4-9-5-6(1)8/h1-2H,3-5H2. The first-order valence-electron chi connectivity index (χ1n) is 3.05. The lowest BCUT2D eigenvalue weighted by molar-refractivity contribution is 0.0800. The van der Waals surface area contributed by atoms with E-state index in [0.717, 1.165) is 19.8 Å².